The summed E-state index contributed by atoms with van der Waals surface area (Å²) in [5.41, 5.74) is 2.65. The molecule has 2 aromatic heterocycles. The van der Waals surface area contributed by atoms with Crippen molar-refractivity contribution in [2.45, 2.75) is 6.92 Å². The van der Waals surface area contributed by atoms with Crippen LogP contribution in [-0.4, -0.2) is 14.4 Å². The third kappa shape index (κ3) is 2.31. The molecule has 96 valence electrons. The fraction of sp³-hybridized carbons (Fsp3) is 0.0769. The molecule has 0 atom stereocenters. The normalized spacial score (nSPS) is 10.9. The van der Waals surface area contributed by atoms with E-state index >= 15 is 0 Å². The van der Waals surface area contributed by atoms with Crippen molar-refractivity contribution in [2.75, 3.05) is 5.32 Å². The van der Waals surface area contributed by atoms with Gasteiger partial charge in [-0.1, -0.05) is 23.7 Å². The molecule has 0 saturated carbocycles. The van der Waals surface area contributed by atoms with Gasteiger partial charge in [-0.2, -0.15) is 0 Å². The molecule has 3 rings (SSSR count). The first-order chi connectivity index (χ1) is 9.15. The van der Waals surface area contributed by atoms with Crippen molar-refractivity contribution < 1.29 is 0 Å². The lowest BCUT2D eigenvalue weighted by Gasteiger charge is -2.11. The minimum Gasteiger partial charge on any atom is -0.336 e. The number of aromatic nitrogens is 3. The predicted molar refractivity (Wildman–Crippen MR) is 80.2 cm³/mol. The van der Waals surface area contributed by atoms with Crippen molar-refractivity contribution in [3.8, 4) is 0 Å². The third-order valence-electron chi connectivity index (χ3n) is 2.81. The molecular weight excluding hydrogens is 328 g/mol. The molecule has 6 heteroatoms. The molecule has 0 aliphatic carbocycles. The second-order valence-electron chi connectivity index (χ2n) is 4.13. The van der Waals surface area contributed by atoms with Gasteiger partial charge in [-0.25, -0.2) is 9.97 Å². The van der Waals surface area contributed by atoms with Crippen LogP contribution in [0.5, 0.6) is 0 Å². The van der Waals surface area contributed by atoms with Gasteiger partial charge in [0.2, 0.25) is 0 Å². The molecule has 0 bridgehead atoms. The van der Waals surface area contributed by atoms with Gasteiger partial charge in [0.15, 0.2) is 11.5 Å². The van der Waals surface area contributed by atoms with Crippen molar-refractivity contribution >= 4 is 44.7 Å². The highest BCUT2D eigenvalue weighted by Crippen LogP contribution is 2.29. The highest BCUT2D eigenvalue weighted by molar-refractivity contribution is 9.10. The second kappa shape index (κ2) is 4.83. The van der Waals surface area contributed by atoms with Crippen LogP contribution in [0.2, 0.25) is 5.02 Å². The Hall–Kier alpha value is -1.59. The molecule has 0 aliphatic heterocycles. The van der Waals surface area contributed by atoms with Gasteiger partial charge in [0.25, 0.3) is 0 Å². The summed E-state index contributed by atoms with van der Waals surface area (Å²) < 4.78 is 2.62. The summed E-state index contributed by atoms with van der Waals surface area (Å²) in [6.45, 7) is 1.99. The van der Waals surface area contributed by atoms with Gasteiger partial charge >= 0.3 is 0 Å². The Kier molecular flexibility index (Phi) is 3.16. The summed E-state index contributed by atoms with van der Waals surface area (Å²) in [6.07, 6.45) is 5.45. The van der Waals surface area contributed by atoms with Gasteiger partial charge in [0.05, 0.1) is 10.7 Å². The SMILES string of the molecule is Cc1cccc(Cl)c1Nc1nc(Br)cn2ccnc12. The molecule has 3 aromatic rings. The monoisotopic (exact) mass is 336 g/mol. The molecule has 1 aromatic carbocycles. The van der Waals surface area contributed by atoms with Gasteiger partial charge in [0, 0.05) is 18.6 Å². The number of imidazole rings is 1. The number of rotatable bonds is 2. The third-order valence-corrected chi connectivity index (χ3v) is 3.51. The first-order valence-electron chi connectivity index (χ1n) is 5.66. The highest BCUT2D eigenvalue weighted by Gasteiger charge is 2.10. The Balaban J connectivity index is 2.13. The Morgan fingerprint density at radius 2 is 2.21 bits per heavy atom. The van der Waals surface area contributed by atoms with Crippen LogP contribution in [0.4, 0.5) is 11.5 Å². The molecule has 0 aliphatic rings. The Labute approximate surface area is 123 Å². The minimum absolute atomic E-state index is 0.659. The van der Waals surface area contributed by atoms with Gasteiger partial charge in [0.1, 0.15) is 4.60 Å². The summed E-state index contributed by atoms with van der Waals surface area (Å²) in [6, 6.07) is 5.76. The average Bonchev–Trinajstić information content (AvgIpc) is 2.81. The number of nitrogens with one attached hydrogen (secondary N) is 1. The van der Waals surface area contributed by atoms with E-state index in [2.05, 4.69) is 31.2 Å². The summed E-state index contributed by atoms with van der Waals surface area (Å²) in [7, 11) is 0. The fourth-order valence-electron chi connectivity index (χ4n) is 1.89. The molecule has 0 spiro atoms. The topological polar surface area (TPSA) is 42.2 Å². The lowest BCUT2D eigenvalue weighted by Crippen LogP contribution is -2.00. The van der Waals surface area contributed by atoms with Crippen LogP contribution in [0.1, 0.15) is 5.56 Å². The zero-order valence-electron chi connectivity index (χ0n) is 10.1. The summed E-state index contributed by atoms with van der Waals surface area (Å²) in [4.78, 5) is 8.70. The van der Waals surface area contributed by atoms with Crippen LogP contribution in [0.15, 0.2) is 41.4 Å². The summed E-state index contributed by atoms with van der Waals surface area (Å²) in [5.74, 6) is 0.663. The van der Waals surface area contributed by atoms with Gasteiger partial charge < -0.3 is 9.72 Å². The van der Waals surface area contributed by atoms with Crippen LogP contribution in [0, 0.1) is 6.92 Å². The van der Waals surface area contributed by atoms with E-state index in [9.17, 15) is 0 Å². The molecule has 0 amide bonds. The van der Waals surface area contributed by atoms with Crippen molar-refractivity contribution in [2.24, 2.45) is 0 Å². The van der Waals surface area contributed by atoms with Crippen LogP contribution >= 0.6 is 27.5 Å². The molecule has 4 nitrogen and oxygen atoms in total. The van der Waals surface area contributed by atoms with Crippen LogP contribution in [0.25, 0.3) is 5.65 Å². The van der Waals surface area contributed by atoms with Crippen LogP contribution < -0.4 is 5.32 Å². The fourth-order valence-corrected chi connectivity index (χ4v) is 2.56. The first kappa shape index (κ1) is 12.4. The number of benzene rings is 1. The number of anilines is 2. The van der Waals surface area contributed by atoms with Crippen molar-refractivity contribution in [3.63, 3.8) is 0 Å². The lowest BCUT2D eigenvalue weighted by atomic mass is 10.2. The predicted octanol–water partition coefficient (Wildman–Crippen LogP) is 4.20. The molecule has 2 heterocycles. The second-order valence-corrected chi connectivity index (χ2v) is 5.35. The zero-order valence-corrected chi connectivity index (χ0v) is 12.4. The minimum atomic E-state index is 0.659. The van der Waals surface area contributed by atoms with Gasteiger partial charge in [-0.3, -0.25) is 0 Å². The zero-order chi connectivity index (χ0) is 13.4. The smallest absolute Gasteiger partial charge is 0.180 e. The van der Waals surface area contributed by atoms with Gasteiger partial charge in [-0.15, -0.1) is 0 Å². The standard InChI is InChI=1S/C13H10BrClN4/c1-8-3-2-4-9(15)11(8)18-12-13-16-5-6-19(13)7-10(14)17-12/h2-7H,1H3,(H,17,18). The summed E-state index contributed by atoms with van der Waals surface area (Å²) >= 11 is 9.60. The van der Waals surface area contributed by atoms with Crippen LogP contribution in [-0.2, 0) is 0 Å². The van der Waals surface area contributed by atoms with E-state index in [1.165, 1.54) is 0 Å². The Morgan fingerprint density at radius 3 is 3.00 bits per heavy atom. The largest absolute Gasteiger partial charge is 0.336 e. The number of hydrogen-bond acceptors (Lipinski definition) is 3. The maximum absolute atomic E-state index is 6.22. The van der Waals surface area contributed by atoms with E-state index in [1.807, 2.05) is 41.9 Å². The maximum Gasteiger partial charge on any atom is 0.180 e. The van der Waals surface area contributed by atoms with E-state index in [0.29, 0.717) is 10.8 Å². The van der Waals surface area contributed by atoms with E-state index in [4.69, 9.17) is 11.6 Å². The maximum atomic E-state index is 6.22. The molecule has 19 heavy (non-hydrogen) atoms. The van der Waals surface area contributed by atoms with Crippen molar-refractivity contribution in [3.05, 3.63) is 52.0 Å². The highest BCUT2D eigenvalue weighted by atomic mass is 79.9. The lowest BCUT2D eigenvalue weighted by molar-refractivity contribution is 1.10. The Morgan fingerprint density at radius 1 is 1.37 bits per heavy atom. The summed E-state index contributed by atoms with van der Waals surface area (Å²) in [5, 5.41) is 3.91. The number of aryl methyl sites for hydroxylation is 1. The molecule has 0 unspecified atom stereocenters. The number of fused-ring (bicyclic) bond motifs is 1. The molecular formula is C13H10BrClN4. The number of para-hydroxylation sites is 1. The first-order valence-corrected chi connectivity index (χ1v) is 6.83. The van der Waals surface area contributed by atoms with E-state index in [1.54, 1.807) is 6.20 Å². The number of nitrogens with zero attached hydrogens (tertiary/aromatic N) is 3. The average molecular weight is 338 g/mol. The van der Waals surface area contributed by atoms with E-state index in [-0.39, 0.29) is 0 Å². The molecule has 0 radical (unpaired) electrons. The van der Waals surface area contributed by atoms with E-state index in [0.717, 1.165) is 21.5 Å². The number of halogens is 2. The van der Waals surface area contributed by atoms with Crippen molar-refractivity contribution in [1.29, 1.82) is 0 Å². The molecule has 0 saturated heterocycles. The van der Waals surface area contributed by atoms with Crippen molar-refractivity contribution in [1.82, 2.24) is 14.4 Å². The molecule has 1 N–H and O–H groups in total. The van der Waals surface area contributed by atoms with Gasteiger partial charge in [-0.05, 0) is 34.5 Å². The molecule has 0 fully saturated rings. The Bertz CT molecular complexity index is 733. The van der Waals surface area contributed by atoms with Crippen LogP contribution in [0.3, 0.4) is 0 Å². The quantitative estimate of drug-likeness (QED) is 0.762. The number of hydrogen-bond donors (Lipinski definition) is 1. The van der Waals surface area contributed by atoms with E-state index < -0.39 is 0 Å².